The molecule has 0 atom stereocenters. The smallest absolute Gasteiger partial charge is 0.259 e. The van der Waals surface area contributed by atoms with E-state index in [-0.39, 0.29) is 5.56 Å². The fraction of sp³-hybridized carbons (Fsp3) is 0.350. The molecule has 7 nitrogen and oxygen atoms in total. The zero-order chi connectivity index (χ0) is 19.0. The summed E-state index contributed by atoms with van der Waals surface area (Å²) < 4.78 is 5.24. The Morgan fingerprint density at radius 3 is 2.63 bits per heavy atom. The summed E-state index contributed by atoms with van der Waals surface area (Å²) >= 11 is 0. The van der Waals surface area contributed by atoms with E-state index in [1.54, 1.807) is 13.3 Å². The van der Waals surface area contributed by atoms with Crippen LogP contribution in [0.2, 0.25) is 0 Å². The van der Waals surface area contributed by atoms with Gasteiger partial charge in [-0.1, -0.05) is 0 Å². The highest BCUT2D eigenvalue weighted by atomic mass is 16.5. The lowest BCUT2D eigenvalue weighted by molar-refractivity contribution is 0.313. The van der Waals surface area contributed by atoms with Crippen LogP contribution in [0, 0.1) is 6.92 Å². The maximum absolute atomic E-state index is 12.7. The third-order valence-corrected chi connectivity index (χ3v) is 5.08. The molecule has 3 aromatic rings. The largest absolute Gasteiger partial charge is 0.495 e. The number of aromatic nitrogens is 3. The van der Waals surface area contributed by atoms with Crippen molar-refractivity contribution in [3.05, 3.63) is 46.4 Å². The number of benzene rings is 1. The number of piperazine rings is 1. The Labute approximate surface area is 157 Å². The number of aryl methyl sites for hydroxylation is 1. The monoisotopic (exact) mass is 365 g/mol. The molecule has 1 aliphatic heterocycles. The predicted molar refractivity (Wildman–Crippen MR) is 107 cm³/mol. The van der Waals surface area contributed by atoms with Crippen LogP contribution in [0.1, 0.15) is 5.56 Å². The van der Waals surface area contributed by atoms with Crippen LogP contribution in [0.5, 0.6) is 5.75 Å². The number of likely N-dealkylation sites (N-methyl/N-ethyl adjacent to an activating group) is 1. The molecule has 0 unspecified atom stereocenters. The first-order valence-corrected chi connectivity index (χ1v) is 9.04. The van der Waals surface area contributed by atoms with Crippen molar-refractivity contribution in [3.8, 4) is 17.3 Å². The van der Waals surface area contributed by atoms with Gasteiger partial charge in [-0.05, 0) is 43.8 Å². The molecule has 140 valence electrons. The van der Waals surface area contributed by atoms with Gasteiger partial charge in [-0.15, -0.1) is 0 Å². The number of nitrogens with one attached hydrogen (secondary N) is 1. The molecular weight excluding hydrogens is 342 g/mol. The van der Waals surface area contributed by atoms with Crippen LogP contribution < -0.4 is 15.2 Å². The molecule has 1 aliphatic rings. The lowest BCUT2D eigenvalue weighted by atomic mass is 10.1. The van der Waals surface area contributed by atoms with E-state index in [1.165, 1.54) is 0 Å². The number of methoxy groups -OCH3 is 1. The van der Waals surface area contributed by atoms with Crippen LogP contribution in [-0.2, 0) is 0 Å². The zero-order valence-electron chi connectivity index (χ0n) is 15.8. The second kappa shape index (κ2) is 7.00. The maximum atomic E-state index is 12.7. The summed E-state index contributed by atoms with van der Waals surface area (Å²) in [5, 5.41) is 0.598. The van der Waals surface area contributed by atoms with Crippen molar-refractivity contribution in [1.29, 1.82) is 0 Å². The molecule has 3 heterocycles. The van der Waals surface area contributed by atoms with Crippen molar-refractivity contribution >= 4 is 16.6 Å². The van der Waals surface area contributed by atoms with Crippen molar-refractivity contribution in [2.75, 3.05) is 45.2 Å². The van der Waals surface area contributed by atoms with E-state index >= 15 is 0 Å². The SMILES string of the molecule is COc1cnc(-c2nc3ccc(N4CCN(C)CC4)cc3c(=O)[nH]2)cc1C. The number of anilines is 1. The molecule has 1 fully saturated rings. The van der Waals surface area contributed by atoms with Crippen molar-refractivity contribution in [1.82, 2.24) is 19.9 Å². The van der Waals surface area contributed by atoms with E-state index in [1.807, 2.05) is 31.2 Å². The van der Waals surface area contributed by atoms with Gasteiger partial charge in [0.25, 0.3) is 5.56 Å². The molecule has 0 amide bonds. The first-order valence-electron chi connectivity index (χ1n) is 9.04. The highest BCUT2D eigenvalue weighted by molar-refractivity contribution is 5.83. The summed E-state index contributed by atoms with van der Waals surface area (Å²) in [5.41, 5.74) is 3.14. The minimum absolute atomic E-state index is 0.152. The van der Waals surface area contributed by atoms with E-state index in [0.29, 0.717) is 28.2 Å². The summed E-state index contributed by atoms with van der Waals surface area (Å²) in [6.45, 7) is 5.90. The summed E-state index contributed by atoms with van der Waals surface area (Å²) in [5.74, 6) is 1.17. The molecule has 4 rings (SSSR count). The van der Waals surface area contributed by atoms with Crippen LogP contribution in [0.15, 0.2) is 35.3 Å². The van der Waals surface area contributed by atoms with Gasteiger partial charge in [0.15, 0.2) is 5.82 Å². The molecule has 1 aromatic carbocycles. The fourth-order valence-corrected chi connectivity index (χ4v) is 3.40. The van der Waals surface area contributed by atoms with Crippen LogP contribution >= 0.6 is 0 Å². The molecular formula is C20H23N5O2. The van der Waals surface area contributed by atoms with Crippen molar-refractivity contribution in [2.45, 2.75) is 6.92 Å². The standard InChI is InChI=1S/C20H23N5O2/c1-13-10-17(21-12-18(13)27-3)19-22-16-5-4-14(11-15(16)20(26)23-19)25-8-6-24(2)7-9-25/h4-5,10-12H,6-9H2,1-3H3,(H,22,23,26). The predicted octanol–water partition coefficient (Wildman–Crippen LogP) is 2.05. The summed E-state index contributed by atoms with van der Waals surface area (Å²) in [7, 11) is 3.74. The Hall–Kier alpha value is -2.93. The maximum Gasteiger partial charge on any atom is 0.259 e. The Kier molecular flexibility index (Phi) is 4.53. The average Bonchev–Trinajstić information content (AvgIpc) is 2.68. The lowest BCUT2D eigenvalue weighted by Gasteiger charge is -2.34. The summed E-state index contributed by atoms with van der Waals surface area (Å²) in [6, 6.07) is 7.75. The number of nitrogens with zero attached hydrogens (tertiary/aromatic N) is 4. The minimum Gasteiger partial charge on any atom is -0.495 e. The van der Waals surface area contributed by atoms with Crippen molar-refractivity contribution in [2.24, 2.45) is 0 Å². The van der Waals surface area contributed by atoms with Gasteiger partial charge in [-0.2, -0.15) is 0 Å². The van der Waals surface area contributed by atoms with Crippen LogP contribution in [-0.4, -0.2) is 60.2 Å². The molecule has 0 spiro atoms. The first-order chi connectivity index (χ1) is 13.0. The zero-order valence-corrected chi connectivity index (χ0v) is 15.8. The van der Waals surface area contributed by atoms with E-state index < -0.39 is 0 Å². The second-order valence-electron chi connectivity index (χ2n) is 6.95. The van der Waals surface area contributed by atoms with Gasteiger partial charge >= 0.3 is 0 Å². The second-order valence-corrected chi connectivity index (χ2v) is 6.95. The van der Waals surface area contributed by atoms with E-state index in [2.05, 4.69) is 31.8 Å². The number of fused-ring (bicyclic) bond motifs is 1. The fourth-order valence-electron chi connectivity index (χ4n) is 3.40. The Balaban J connectivity index is 1.71. The number of pyridine rings is 1. The number of hydrogen-bond acceptors (Lipinski definition) is 6. The lowest BCUT2D eigenvalue weighted by Crippen LogP contribution is -2.44. The average molecular weight is 365 g/mol. The summed E-state index contributed by atoms with van der Waals surface area (Å²) in [4.78, 5) is 29.2. The van der Waals surface area contributed by atoms with Gasteiger partial charge in [0.1, 0.15) is 11.4 Å². The van der Waals surface area contributed by atoms with Crippen LogP contribution in [0.25, 0.3) is 22.4 Å². The van der Waals surface area contributed by atoms with Gasteiger partial charge in [-0.25, -0.2) is 9.97 Å². The van der Waals surface area contributed by atoms with Gasteiger partial charge in [-0.3, -0.25) is 4.79 Å². The van der Waals surface area contributed by atoms with E-state index in [4.69, 9.17) is 4.74 Å². The van der Waals surface area contributed by atoms with Gasteiger partial charge in [0, 0.05) is 31.9 Å². The third kappa shape index (κ3) is 3.38. The van der Waals surface area contributed by atoms with Gasteiger partial charge < -0.3 is 19.5 Å². The number of H-pyrrole nitrogens is 1. The molecule has 2 aromatic heterocycles. The molecule has 1 N–H and O–H groups in total. The highest BCUT2D eigenvalue weighted by Crippen LogP contribution is 2.24. The Bertz CT molecular complexity index is 1040. The molecule has 0 radical (unpaired) electrons. The molecule has 0 saturated carbocycles. The number of ether oxygens (including phenoxy) is 1. The third-order valence-electron chi connectivity index (χ3n) is 5.08. The molecule has 7 heteroatoms. The quantitative estimate of drug-likeness (QED) is 0.766. The first kappa shape index (κ1) is 17.5. The van der Waals surface area contributed by atoms with Gasteiger partial charge in [0.2, 0.25) is 0 Å². The Morgan fingerprint density at radius 1 is 1.15 bits per heavy atom. The topological polar surface area (TPSA) is 74.4 Å². The minimum atomic E-state index is -0.152. The normalized spacial score (nSPS) is 15.3. The molecule has 27 heavy (non-hydrogen) atoms. The Morgan fingerprint density at radius 2 is 1.93 bits per heavy atom. The number of rotatable bonds is 3. The molecule has 0 aliphatic carbocycles. The van der Waals surface area contributed by atoms with Crippen LogP contribution in [0.3, 0.4) is 0 Å². The number of aromatic amines is 1. The molecule has 0 bridgehead atoms. The van der Waals surface area contributed by atoms with Crippen LogP contribution in [0.4, 0.5) is 5.69 Å². The van der Waals surface area contributed by atoms with Crippen molar-refractivity contribution in [3.63, 3.8) is 0 Å². The number of hydrogen-bond donors (Lipinski definition) is 1. The summed E-state index contributed by atoms with van der Waals surface area (Å²) in [6.07, 6.45) is 1.64. The highest BCUT2D eigenvalue weighted by Gasteiger charge is 2.16. The van der Waals surface area contributed by atoms with E-state index in [9.17, 15) is 4.79 Å². The van der Waals surface area contributed by atoms with Gasteiger partial charge in [0.05, 0.1) is 24.2 Å². The molecule has 1 saturated heterocycles. The van der Waals surface area contributed by atoms with E-state index in [0.717, 1.165) is 37.4 Å². The van der Waals surface area contributed by atoms with Crippen molar-refractivity contribution < 1.29 is 4.74 Å².